The minimum absolute atomic E-state index is 0.144. The molecule has 2 amide bonds. The Morgan fingerprint density at radius 1 is 1.06 bits per heavy atom. The molecule has 8 nitrogen and oxygen atoms in total. The summed E-state index contributed by atoms with van der Waals surface area (Å²) in [6, 6.07) is 12.1. The molecule has 1 aliphatic rings. The number of amides is 2. The molecule has 35 heavy (non-hydrogen) atoms. The van der Waals surface area contributed by atoms with Gasteiger partial charge in [-0.2, -0.15) is 0 Å². The van der Waals surface area contributed by atoms with Crippen LogP contribution in [0, 0.1) is 5.92 Å². The number of hydrogen-bond acceptors (Lipinski definition) is 5. The zero-order chi connectivity index (χ0) is 25.4. The number of esters is 1. The van der Waals surface area contributed by atoms with Crippen molar-refractivity contribution in [3.8, 4) is 0 Å². The maximum atomic E-state index is 13.7. The molecule has 2 aromatic rings. The summed E-state index contributed by atoms with van der Waals surface area (Å²) in [7, 11) is 0. The Balaban J connectivity index is 2.07. The molecule has 0 bridgehead atoms. The van der Waals surface area contributed by atoms with E-state index in [2.05, 4.69) is 10.6 Å². The number of carbonyl (C=O) groups excluding carboxylic acids is 2. The van der Waals surface area contributed by atoms with E-state index in [1.165, 1.54) is 0 Å². The van der Waals surface area contributed by atoms with Crippen molar-refractivity contribution in [2.45, 2.75) is 69.9 Å². The molecule has 190 valence electrons. The fourth-order valence-electron chi connectivity index (χ4n) is 4.71. The van der Waals surface area contributed by atoms with Gasteiger partial charge in [0.05, 0.1) is 0 Å². The van der Waals surface area contributed by atoms with E-state index in [0.717, 1.165) is 42.9 Å². The topological polar surface area (TPSA) is 125 Å². The zero-order valence-corrected chi connectivity index (χ0v) is 20.5. The van der Waals surface area contributed by atoms with Crippen molar-refractivity contribution >= 4 is 28.7 Å². The fraction of sp³-hybridized carbons (Fsp3) is 0.519. The second-order valence-electron chi connectivity index (χ2n) is 9.72. The number of aliphatic hydroxyl groups is 1. The van der Waals surface area contributed by atoms with Crippen LogP contribution in [0.4, 0.5) is 4.79 Å². The van der Waals surface area contributed by atoms with Gasteiger partial charge in [-0.1, -0.05) is 62.7 Å². The van der Waals surface area contributed by atoms with E-state index in [0.29, 0.717) is 12.1 Å². The van der Waals surface area contributed by atoms with Gasteiger partial charge in [0, 0.05) is 19.6 Å². The lowest BCUT2D eigenvalue weighted by molar-refractivity contribution is -0.161. The molecule has 4 N–H and O–H groups in total. The predicted octanol–water partition coefficient (Wildman–Crippen LogP) is 3.96. The Morgan fingerprint density at radius 2 is 1.74 bits per heavy atom. The Morgan fingerprint density at radius 3 is 2.37 bits per heavy atom. The average Bonchev–Trinajstić information content (AvgIpc) is 2.83. The SMILES string of the molecule is CC(C)CNC(=O)N[C@](CCO)(C(=O)O)C(C(=O)OC1CCCCC1)c1ccc2ccccc2c1. The summed E-state index contributed by atoms with van der Waals surface area (Å²) in [5, 5.41) is 27.2. The number of ether oxygens (including phenoxy) is 1. The van der Waals surface area contributed by atoms with Gasteiger partial charge in [-0.05, 0) is 47.9 Å². The molecule has 1 saturated carbocycles. The third-order valence-electron chi connectivity index (χ3n) is 6.57. The third kappa shape index (κ3) is 6.51. The Labute approximate surface area is 206 Å². The minimum Gasteiger partial charge on any atom is -0.479 e. The first kappa shape index (κ1) is 26.5. The lowest BCUT2D eigenvalue weighted by Gasteiger charge is -2.37. The number of urea groups is 1. The van der Waals surface area contributed by atoms with Gasteiger partial charge in [-0.25, -0.2) is 9.59 Å². The second-order valence-corrected chi connectivity index (χ2v) is 9.72. The number of fused-ring (bicyclic) bond motifs is 1. The lowest BCUT2D eigenvalue weighted by atomic mass is 9.76. The second kappa shape index (κ2) is 12.0. The number of benzene rings is 2. The number of hydrogen-bond donors (Lipinski definition) is 4. The van der Waals surface area contributed by atoms with Crippen LogP contribution in [0.5, 0.6) is 0 Å². The number of carbonyl (C=O) groups is 3. The van der Waals surface area contributed by atoms with E-state index in [1.807, 2.05) is 44.2 Å². The van der Waals surface area contributed by atoms with E-state index in [-0.39, 0.29) is 18.4 Å². The van der Waals surface area contributed by atoms with Gasteiger partial charge in [0.2, 0.25) is 0 Å². The summed E-state index contributed by atoms with van der Waals surface area (Å²) >= 11 is 0. The number of rotatable bonds is 10. The van der Waals surface area contributed by atoms with Crippen LogP contribution in [0.3, 0.4) is 0 Å². The number of aliphatic hydroxyl groups excluding tert-OH is 1. The predicted molar refractivity (Wildman–Crippen MR) is 133 cm³/mol. The van der Waals surface area contributed by atoms with Gasteiger partial charge in [0.1, 0.15) is 12.0 Å². The summed E-state index contributed by atoms with van der Waals surface area (Å²) in [4.78, 5) is 39.3. The van der Waals surface area contributed by atoms with E-state index in [4.69, 9.17) is 4.74 Å². The van der Waals surface area contributed by atoms with Crippen molar-refractivity contribution < 1.29 is 29.3 Å². The summed E-state index contributed by atoms with van der Waals surface area (Å²) in [5.74, 6) is -3.34. The summed E-state index contributed by atoms with van der Waals surface area (Å²) in [6.45, 7) is 3.61. The van der Waals surface area contributed by atoms with Crippen LogP contribution in [0.15, 0.2) is 42.5 Å². The van der Waals surface area contributed by atoms with Crippen molar-refractivity contribution in [1.29, 1.82) is 0 Å². The summed E-state index contributed by atoms with van der Waals surface area (Å²) in [6.07, 6.45) is 3.73. The monoisotopic (exact) mass is 484 g/mol. The van der Waals surface area contributed by atoms with Gasteiger partial charge in [-0.15, -0.1) is 0 Å². The van der Waals surface area contributed by atoms with Crippen molar-refractivity contribution in [1.82, 2.24) is 10.6 Å². The summed E-state index contributed by atoms with van der Waals surface area (Å²) in [5.41, 5.74) is -1.70. The minimum atomic E-state index is -2.11. The first-order valence-electron chi connectivity index (χ1n) is 12.4. The quantitative estimate of drug-likeness (QED) is 0.378. The number of carboxylic acids is 1. The molecule has 0 aliphatic heterocycles. The number of carboxylic acid groups (broad SMARTS) is 1. The molecule has 0 saturated heterocycles. The maximum Gasteiger partial charge on any atom is 0.330 e. The Hall–Kier alpha value is -3.13. The highest BCUT2D eigenvalue weighted by Crippen LogP contribution is 2.36. The highest BCUT2D eigenvalue weighted by Gasteiger charge is 2.52. The van der Waals surface area contributed by atoms with Crippen LogP contribution in [-0.2, 0) is 14.3 Å². The van der Waals surface area contributed by atoms with Gasteiger partial charge in [0.15, 0.2) is 5.54 Å². The summed E-state index contributed by atoms with van der Waals surface area (Å²) < 4.78 is 5.85. The van der Waals surface area contributed by atoms with Crippen LogP contribution in [0.1, 0.15) is 63.9 Å². The molecular formula is C27H36N2O6. The van der Waals surface area contributed by atoms with E-state index in [9.17, 15) is 24.6 Å². The van der Waals surface area contributed by atoms with Gasteiger partial charge in [0.25, 0.3) is 0 Å². The largest absolute Gasteiger partial charge is 0.479 e. The maximum absolute atomic E-state index is 13.7. The third-order valence-corrected chi connectivity index (χ3v) is 6.57. The fourth-order valence-corrected chi connectivity index (χ4v) is 4.71. The molecule has 3 rings (SSSR count). The first-order chi connectivity index (χ1) is 16.8. The highest BCUT2D eigenvalue weighted by molar-refractivity contribution is 5.96. The van der Waals surface area contributed by atoms with Crippen molar-refractivity contribution in [2.75, 3.05) is 13.2 Å². The normalized spacial score (nSPS) is 16.9. The molecular weight excluding hydrogens is 448 g/mol. The van der Waals surface area contributed by atoms with E-state index in [1.54, 1.807) is 12.1 Å². The van der Waals surface area contributed by atoms with E-state index < -0.39 is 36.0 Å². The van der Waals surface area contributed by atoms with Gasteiger partial charge < -0.3 is 25.6 Å². The highest BCUT2D eigenvalue weighted by atomic mass is 16.5. The average molecular weight is 485 g/mol. The Bertz CT molecular complexity index is 1030. The van der Waals surface area contributed by atoms with Crippen molar-refractivity contribution in [2.24, 2.45) is 5.92 Å². The zero-order valence-electron chi connectivity index (χ0n) is 20.5. The van der Waals surface area contributed by atoms with Crippen LogP contribution in [0.25, 0.3) is 10.8 Å². The smallest absolute Gasteiger partial charge is 0.330 e. The molecule has 2 aromatic carbocycles. The molecule has 0 aromatic heterocycles. The molecule has 0 radical (unpaired) electrons. The molecule has 2 atom stereocenters. The lowest BCUT2D eigenvalue weighted by Crippen LogP contribution is -2.63. The molecule has 0 spiro atoms. The number of aliphatic carboxylic acids is 1. The van der Waals surface area contributed by atoms with Crippen molar-refractivity contribution in [3.63, 3.8) is 0 Å². The van der Waals surface area contributed by atoms with Crippen LogP contribution in [-0.4, -0.2) is 53.0 Å². The molecule has 8 heteroatoms. The van der Waals surface area contributed by atoms with Crippen molar-refractivity contribution in [3.05, 3.63) is 48.0 Å². The van der Waals surface area contributed by atoms with Gasteiger partial charge in [-0.3, -0.25) is 4.79 Å². The van der Waals surface area contributed by atoms with Gasteiger partial charge >= 0.3 is 18.0 Å². The molecule has 0 heterocycles. The molecule has 1 aliphatic carbocycles. The molecule has 1 fully saturated rings. The van der Waals surface area contributed by atoms with E-state index >= 15 is 0 Å². The van der Waals surface area contributed by atoms with Crippen LogP contribution < -0.4 is 10.6 Å². The standard InChI is InChI=1S/C27H36N2O6/c1-18(2)17-28-26(34)29-27(14-15-30,25(32)33)23(24(31)35-22-10-4-3-5-11-22)21-13-12-19-8-6-7-9-20(19)16-21/h6-9,12-13,16,18,22-23,30H,3-5,10-11,14-15,17H2,1-2H3,(H,32,33)(H2,28,29,34)/t23?,27-/m0/s1. The Kier molecular flexibility index (Phi) is 9.09. The number of nitrogens with one attached hydrogen (secondary N) is 2. The van der Waals surface area contributed by atoms with Crippen LogP contribution in [0.2, 0.25) is 0 Å². The first-order valence-corrected chi connectivity index (χ1v) is 12.4. The van der Waals surface area contributed by atoms with Crippen LogP contribution >= 0.6 is 0 Å². The molecule has 1 unspecified atom stereocenters.